The second-order valence-electron chi connectivity index (χ2n) is 9.93. The lowest BCUT2D eigenvalue weighted by molar-refractivity contribution is -0.187. The molecule has 0 saturated heterocycles. The molecule has 0 radical (unpaired) electrons. The van der Waals surface area contributed by atoms with Gasteiger partial charge in [0.1, 0.15) is 23.2 Å². The molecule has 0 aliphatic carbocycles. The van der Waals surface area contributed by atoms with Gasteiger partial charge in [0.2, 0.25) is 0 Å². The molecule has 0 heterocycles. The molecule has 5 aromatic rings. The van der Waals surface area contributed by atoms with Crippen molar-refractivity contribution < 1.29 is 39.9 Å². The molecule has 0 amide bonds. The van der Waals surface area contributed by atoms with Crippen LogP contribution in [0.1, 0.15) is 17.5 Å². The van der Waals surface area contributed by atoms with Gasteiger partial charge < -0.3 is 4.74 Å². The number of rotatable bonds is 9. The van der Waals surface area contributed by atoms with Crippen LogP contribution in [-0.2, 0) is 12.5 Å². The lowest BCUT2D eigenvalue weighted by Crippen LogP contribution is -2.23. The van der Waals surface area contributed by atoms with Crippen LogP contribution in [0.3, 0.4) is 0 Å². The first kappa shape index (κ1) is 30.5. The fourth-order valence-electron chi connectivity index (χ4n) is 4.69. The van der Waals surface area contributed by atoms with Crippen molar-refractivity contribution >= 4 is 0 Å². The second kappa shape index (κ2) is 12.4. The van der Waals surface area contributed by atoms with Gasteiger partial charge in [-0.3, -0.25) is 0 Å². The standard InChI is InChI=1S/C35H22F8O/c1-2-3-4-20-5-7-21(8-6-20)22-9-12-26(29(36)15-22)23-10-14-28(31(38)16-23)35(42,43)44-25-11-13-27(30(37)19-25)24-17-32(39)34(41)33(40)18-24/h2,5-19H,1,3-4H2. The Kier molecular flexibility index (Phi) is 8.58. The van der Waals surface area contributed by atoms with Crippen molar-refractivity contribution in [3.8, 4) is 39.1 Å². The molecule has 0 spiro atoms. The Morgan fingerprint density at radius 2 is 1.11 bits per heavy atom. The molecule has 224 valence electrons. The summed E-state index contributed by atoms with van der Waals surface area (Å²) in [5.41, 5.74) is 0.435. The third kappa shape index (κ3) is 6.37. The van der Waals surface area contributed by atoms with Crippen LogP contribution in [0.25, 0.3) is 33.4 Å². The number of aryl methyl sites for hydroxylation is 1. The quantitative estimate of drug-likeness (QED) is 0.0917. The van der Waals surface area contributed by atoms with Crippen molar-refractivity contribution in [2.24, 2.45) is 0 Å². The normalized spacial score (nSPS) is 11.5. The zero-order chi connectivity index (χ0) is 31.6. The first-order chi connectivity index (χ1) is 21.0. The predicted molar refractivity (Wildman–Crippen MR) is 152 cm³/mol. The Hall–Kier alpha value is -4.92. The molecule has 0 saturated carbocycles. The highest BCUT2D eigenvalue weighted by Gasteiger charge is 2.38. The Morgan fingerprint density at radius 3 is 1.73 bits per heavy atom. The van der Waals surface area contributed by atoms with E-state index in [1.54, 1.807) is 6.07 Å². The minimum absolute atomic E-state index is 0.0000302. The van der Waals surface area contributed by atoms with Crippen LogP contribution in [0.2, 0.25) is 0 Å². The fraction of sp³-hybridized carbons (Fsp3) is 0.0857. The molecular formula is C35H22F8O. The van der Waals surface area contributed by atoms with Crippen molar-refractivity contribution in [1.82, 2.24) is 0 Å². The van der Waals surface area contributed by atoms with E-state index in [4.69, 9.17) is 0 Å². The van der Waals surface area contributed by atoms with E-state index in [1.807, 2.05) is 30.3 Å². The first-order valence-electron chi connectivity index (χ1n) is 13.3. The van der Waals surface area contributed by atoms with Gasteiger partial charge in [-0.1, -0.05) is 48.5 Å². The number of hydrogen-bond donors (Lipinski definition) is 0. The summed E-state index contributed by atoms with van der Waals surface area (Å²) in [6, 6.07) is 17.8. The minimum Gasteiger partial charge on any atom is -0.429 e. The summed E-state index contributed by atoms with van der Waals surface area (Å²) in [7, 11) is 0. The Morgan fingerprint density at radius 1 is 0.568 bits per heavy atom. The van der Waals surface area contributed by atoms with Crippen molar-refractivity contribution in [3.05, 3.63) is 150 Å². The predicted octanol–water partition coefficient (Wildman–Crippen LogP) is 10.8. The monoisotopic (exact) mass is 610 g/mol. The van der Waals surface area contributed by atoms with E-state index in [-0.39, 0.29) is 16.7 Å². The molecule has 0 aliphatic rings. The maximum atomic E-state index is 15.1. The van der Waals surface area contributed by atoms with E-state index in [1.165, 1.54) is 12.1 Å². The summed E-state index contributed by atoms with van der Waals surface area (Å²) in [6.07, 6.45) is -0.815. The second-order valence-corrected chi connectivity index (χ2v) is 9.93. The van der Waals surface area contributed by atoms with Gasteiger partial charge in [0.25, 0.3) is 0 Å². The molecule has 0 aromatic heterocycles. The first-order valence-corrected chi connectivity index (χ1v) is 13.3. The number of benzene rings is 5. The molecule has 44 heavy (non-hydrogen) atoms. The highest BCUT2D eigenvalue weighted by Crippen LogP contribution is 2.37. The summed E-state index contributed by atoms with van der Waals surface area (Å²) in [5, 5.41) is 0. The third-order valence-corrected chi connectivity index (χ3v) is 6.97. The van der Waals surface area contributed by atoms with Crippen molar-refractivity contribution in [2.75, 3.05) is 0 Å². The van der Waals surface area contributed by atoms with Crippen LogP contribution in [0.15, 0.2) is 104 Å². The van der Waals surface area contributed by atoms with E-state index >= 15 is 4.39 Å². The van der Waals surface area contributed by atoms with Gasteiger partial charge in [-0.25, -0.2) is 26.3 Å². The number of allylic oxidation sites excluding steroid dienone is 1. The van der Waals surface area contributed by atoms with Gasteiger partial charge in [0.05, 0.1) is 5.56 Å². The van der Waals surface area contributed by atoms with Gasteiger partial charge in [0.15, 0.2) is 17.5 Å². The zero-order valence-electron chi connectivity index (χ0n) is 22.8. The van der Waals surface area contributed by atoms with Crippen LogP contribution in [0.5, 0.6) is 5.75 Å². The SMILES string of the molecule is C=CCCc1ccc(-c2ccc(-c3ccc(C(F)(F)Oc4ccc(-c5cc(F)c(F)c(F)c5)c(F)c4)c(F)c3)c(F)c2)cc1. The van der Waals surface area contributed by atoms with E-state index in [0.717, 1.165) is 54.3 Å². The molecule has 9 heteroatoms. The molecule has 0 bridgehead atoms. The van der Waals surface area contributed by atoms with Gasteiger partial charge in [-0.15, -0.1) is 6.58 Å². The van der Waals surface area contributed by atoms with Crippen LogP contribution in [0.4, 0.5) is 35.1 Å². The molecule has 5 rings (SSSR count). The van der Waals surface area contributed by atoms with Crippen LogP contribution >= 0.6 is 0 Å². The molecule has 0 unspecified atom stereocenters. The fourth-order valence-corrected chi connectivity index (χ4v) is 4.69. The maximum Gasteiger partial charge on any atom is 0.429 e. The van der Waals surface area contributed by atoms with Crippen molar-refractivity contribution in [3.63, 3.8) is 0 Å². The van der Waals surface area contributed by atoms with Crippen LogP contribution in [0, 0.1) is 34.9 Å². The molecule has 0 aliphatic heterocycles. The number of halogens is 8. The third-order valence-electron chi connectivity index (χ3n) is 6.97. The van der Waals surface area contributed by atoms with Gasteiger partial charge >= 0.3 is 6.11 Å². The summed E-state index contributed by atoms with van der Waals surface area (Å²) in [4.78, 5) is 0. The molecular weight excluding hydrogens is 588 g/mol. The lowest BCUT2D eigenvalue weighted by atomic mass is 9.97. The van der Waals surface area contributed by atoms with Gasteiger partial charge in [-0.2, -0.15) is 8.78 Å². The molecule has 0 atom stereocenters. The summed E-state index contributed by atoms with van der Waals surface area (Å²) in [5.74, 6) is -8.90. The Labute approximate surface area is 247 Å². The molecule has 1 nitrogen and oxygen atoms in total. The molecule has 0 fully saturated rings. The van der Waals surface area contributed by atoms with E-state index in [9.17, 15) is 30.7 Å². The molecule has 0 N–H and O–H groups in total. The van der Waals surface area contributed by atoms with Gasteiger partial charge in [-0.05, 0) is 83.1 Å². The Bertz CT molecular complexity index is 1820. The highest BCUT2D eigenvalue weighted by molar-refractivity contribution is 5.71. The lowest BCUT2D eigenvalue weighted by Gasteiger charge is -2.20. The smallest absolute Gasteiger partial charge is 0.429 e. The largest absolute Gasteiger partial charge is 0.429 e. The minimum atomic E-state index is -4.29. The number of ether oxygens (including phenoxy) is 1. The maximum absolute atomic E-state index is 15.1. The average Bonchev–Trinajstić information content (AvgIpc) is 2.98. The zero-order valence-corrected chi connectivity index (χ0v) is 22.8. The summed E-state index contributed by atoms with van der Waals surface area (Å²) < 4.78 is 120. The summed E-state index contributed by atoms with van der Waals surface area (Å²) in [6.45, 7) is 3.70. The highest BCUT2D eigenvalue weighted by atomic mass is 19.3. The summed E-state index contributed by atoms with van der Waals surface area (Å²) >= 11 is 0. The topological polar surface area (TPSA) is 9.23 Å². The average molecular weight is 611 g/mol. The Balaban J connectivity index is 1.34. The van der Waals surface area contributed by atoms with Crippen LogP contribution < -0.4 is 4.74 Å². The molecule has 5 aromatic carbocycles. The van der Waals surface area contributed by atoms with E-state index in [0.29, 0.717) is 23.8 Å². The van der Waals surface area contributed by atoms with E-state index in [2.05, 4.69) is 11.3 Å². The van der Waals surface area contributed by atoms with Crippen LogP contribution in [-0.4, -0.2) is 0 Å². The van der Waals surface area contributed by atoms with Crippen molar-refractivity contribution in [2.45, 2.75) is 19.0 Å². The van der Waals surface area contributed by atoms with Crippen molar-refractivity contribution in [1.29, 1.82) is 0 Å². The van der Waals surface area contributed by atoms with E-state index < -0.39 is 57.9 Å². The van der Waals surface area contributed by atoms with Gasteiger partial charge in [0, 0.05) is 17.2 Å². The number of alkyl halides is 2. The number of hydrogen-bond acceptors (Lipinski definition) is 1.